The van der Waals surface area contributed by atoms with E-state index in [2.05, 4.69) is 62.5 Å². The molecule has 0 aliphatic carbocycles. The molecule has 5 nitrogen and oxygen atoms in total. The van der Waals surface area contributed by atoms with Crippen LogP contribution in [0.25, 0.3) is 0 Å². The van der Waals surface area contributed by atoms with Crippen molar-refractivity contribution in [2.24, 2.45) is 0 Å². The lowest BCUT2D eigenvalue weighted by atomic mass is 10.0. The van der Waals surface area contributed by atoms with Crippen molar-refractivity contribution in [1.82, 2.24) is 0 Å². The van der Waals surface area contributed by atoms with Gasteiger partial charge in [-0.2, -0.15) is 0 Å². The molecule has 0 aliphatic rings. The topological polar surface area (TPSA) is 72.8 Å². The van der Waals surface area contributed by atoms with E-state index in [9.17, 15) is 14.7 Å². The van der Waals surface area contributed by atoms with Gasteiger partial charge in [0.1, 0.15) is 6.61 Å². The molecule has 0 rings (SSSR count). The Kier molecular flexibility index (Phi) is 63.3. The van der Waals surface area contributed by atoms with E-state index in [1.807, 2.05) is 0 Å². The number of aliphatic hydroxyl groups excluding tert-OH is 1. The molecule has 1 N–H and O–H groups in total. The average molecular weight is 1040 g/mol. The Morgan fingerprint density at radius 1 is 0.311 bits per heavy atom. The number of rotatable bonds is 62. The Balaban J connectivity index is 3.37. The fourth-order valence-electron chi connectivity index (χ4n) is 10.1. The molecule has 0 heterocycles. The van der Waals surface area contributed by atoms with Crippen molar-refractivity contribution >= 4 is 11.9 Å². The van der Waals surface area contributed by atoms with Crippen LogP contribution in [0.15, 0.2) is 48.6 Å². The van der Waals surface area contributed by atoms with Crippen LogP contribution in [0.4, 0.5) is 0 Å². The van der Waals surface area contributed by atoms with E-state index in [0.29, 0.717) is 12.8 Å². The summed E-state index contributed by atoms with van der Waals surface area (Å²) in [5.41, 5.74) is 0. The molecule has 434 valence electrons. The highest BCUT2D eigenvalue weighted by Crippen LogP contribution is 2.18. The van der Waals surface area contributed by atoms with Crippen molar-refractivity contribution < 1.29 is 24.2 Å². The second kappa shape index (κ2) is 65.1. The van der Waals surface area contributed by atoms with Gasteiger partial charge in [0.15, 0.2) is 6.10 Å². The van der Waals surface area contributed by atoms with Gasteiger partial charge in [-0.05, 0) is 77.0 Å². The smallest absolute Gasteiger partial charge is 0.306 e. The molecule has 0 amide bonds. The SMILES string of the molecule is CCCCC/C=C\C/C=C\C/C=C\CCCCCCCCC(=O)OC(CO)COC(=O)CCCCCCCCCCCCCCCCCCCCCCCCCCCCCCC/C=C\CCCCCCCCCC. The zero-order chi connectivity index (χ0) is 53.4. The second-order valence-corrected chi connectivity index (χ2v) is 22.5. The highest BCUT2D eigenvalue weighted by Gasteiger charge is 2.16. The van der Waals surface area contributed by atoms with Crippen LogP contribution in [-0.2, 0) is 19.1 Å². The van der Waals surface area contributed by atoms with Crippen molar-refractivity contribution in [2.45, 2.75) is 367 Å². The summed E-state index contributed by atoms with van der Waals surface area (Å²) in [6, 6.07) is 0. The normalized spacial score (nSPS) is 12.4. The summed E-state index contributed by atoms with van der Waals surface area (Å²) in [4.78, 5) is 24.5. The number of ether oxygens (including phenoxy) is 2. The number of carbonyl (C=O) groups is 2. The van der Waals surface area contributed by atoms with E-state index in [-0.39, 0.29) is 25.2 Å². The lowest BCUT2D eigenvalue weighted by Gasteiger charge is -2.15. The first-order chi connectivity index (χ1) is 36.6. The molecule has 74 heavy (non-hydrogen) atoms. The molecule has 0 aromatic carbocycles. The zero-order valence-electron chi connectivity index (χ0n) is 49.9. The zero-order valence-corrected chi connectivity index (χ0v) is 49.9. The van der Waals surface area contributed by atoms with Crippen molar-refractivity contribution in [2.75, 3.05) is 13.2 Å². The Hall–Kier alpha value is -2.14. The molecule has 0 radical (unpaired) electrons. The number of aliphatic hydroxyl groups is 1. The summed E-state index contributed by atoms with van der Waals surface area (Å²) in [6.07, 6.45) is 87.2. The van der Waals surface area contributed by atoms with E-state index in [0.717, 1.165) is 57.8 Å². The fourth-order valence-corrected chi connectivity index (χ4v) is 10.1. The average Bonchev–Trinajstić information content (AvgIpc) is 3.40. The first-order valence-electron chi connectivity index (χ1n) is 33.2. The van der Waals surface area contributed by atoms with Gasteiger partial charge >= 0.3 is 11.9 Å². The van der Waals surface area contributed by atoms with Gasteiger partial charge in [0, 0.05) is 12.8 Å². The molecule has 0 aromatic heterocycles. The van der Waals surface area contributed by atoms with Gasteiger partial charge in [-0.3, -0.25) is 9.59 Å². The molecule has 0 aromatic rings. The summed E-state index contributed by atoms with van der Waals surface area (Å²) < 4.78 is 10.7. The Bertz CT molecular complexity index is 1220. The third-order valence-electron chi connectivity index (χ3n) is 15.1. The number of unbranched alkanes of at least 4 members (excludes halogenated alkanes) is 46. The van der Waals surface area contributed by atoms with Gasteiger partial charge in [0.05, 0.1) is 6.61 Å². The van der Waals surface area contributed by atoms with Crippen LogP contribution in [0, 0.1) is 0 Å². The third-order valence-corrected chi connectivity index (χ3v) is 15.1. The van der Waals surface area contributed by atoms with Crippen LogP contribution in [-0.4, -0.2) is 36.4 Å². The summed E-state index contributed by atoms with van der Waals surface area (Å²) in [5, 5.41) is 9.66. The summed E-state index contributed by atoms with van der Waals surface area (Å²) in [7, 11) is 0. The molecule has 0 saturated heterocycles. The Labute approximate surface area is 462 Å². The van der Waals surface area contributed by atoms with E-state index >= 15 is 0 Å². The van der Waals surface area contributed by atoms with Gasteiger partial charge in [0.25, 0.3) is 0 Å². The minimum Gasteiger partial charge on any atom is -0.462 e. The first kappa shape index (κ1) is 71.9. The molecule has 0 bridgehead atoms. The quantitative estimate of drug-likeness (QED) is 0.0373. The number of hydrogen-bond acceptors (Lipinski definition) is 5. The summed E-state index contributed by atoms with van der Waals surface area (Å²) >= 11 is 0. The van der Waals surface area contributed by atoms with Crippen LogP contribution in [0.5, 0.6) is 0 Å². The minimum absolute atomic E-state index is 0.0681. The second-order valence-electron chi connectivity index (χ2n) is 22.5. The fraction of sp³-hybridized carbons (Fsp3) is 0.855. The summed E-state index contributed by atoms with van der Waals surface area (Å²) in [6.45, 7) is 4.14. The predicted molar refractivity (Wildman–Crippen MR) is 325 cm³/mol. The molecule has 1 unspecified atom stereocenters. The van der Waals surface area contributed by atoms with Gasteiger partial charge in [-0.15, -0.1) is 0 Å². The monoisotopic (exact) mass is 1040 g/mol. The highest BCUT2D eigenvalue weighted by atomic mass is 16.6. The largest absolute Gasteiger partial charge is 0.462 e. The van der Waals surface area contributed by atoms with Crippen molar-refractivity contribution in [3.05, 3.63) is 48.6 Å². The van der Waals surface area contributed by atoms with Crippen LogP contribution in [0.3, 0.4) is 0 Å². The van der Waals surface area contributed by atoms with Crippen LogP contribution in [0.1, 0.15) is 361 Å². The predicted octanol–water partition coefficient (Wildman–Crippen LogP) is 22.8. The van der Waals surface area contributed by atoms with Gasteiger partial charge in [-0.25, -0.2) is 0 Å². The van der Waals surface area contributed by atoms with Gasteiger partial charge < -0.3 is 14.6 Å². The van der Waals surface area contributed by atoms with Gasteiger partial charge in [-0.1, -0.05) is 319 Å². The maximum atomic E-state index is 12.3. The molecule has 0 saturated carbocycles. The number of esters is 2. The molecule has 0 aliphatic heterocycles. The van der Waals surface area contributed by atoms with Crippen LogP contribution >= 0.6 is 0 Å². The van der Waals surface area contributed by atoms with Crippen molar-refractivity contribution in [1.29, 1.82) is 0 Å². The minimum atomic E-state index is -0.779. The summed E-state index contributed by atoms with van der Waals surface area (Å²) in [5.74, 6) is -0.590. The maximum absolute atomic E-state index is 12.3. The molecule has 5 heteroatoms. The Morgan fingerprint density at radius 3 is 0.851 bits per heavy atom. The van der Waals surface area contributed by atoms with E-state index < -0.39 is 6.10 Å². The lowest BCUT2D eigenvalue weighted by molar-refractivity contribution is -0.161. The van der Waals surface area contributed by atoms with Crippen molar-refractivity contribution in [3.63, 3.8) is 0 Å². The lowest BCUT2D eigenvalue weighted by Crippen LogP contribution is -2.28. The maximum Gasteiger partial charge on any atom is 0.306 e. The van der Waals surface area contributed by atoms with Crippen LogP contribution < -0.4 is 0 Å². The highest BCUT2D eigenvalue weighted by molar-refractivity contribution is 5.70. The van der Waals surface area contributed by atoms with E-state index in [1.165, 1.54) is 276 Å². The molecular formula is C69H128O5. The van der Waals surface area contributed by atoms with E-state index in [4.69, 9.17) is 9.47 Å². The number of hydrogen-bond donors (Lipinski definition) is 1. The first-order valence-corrected chi connectivity index (χ1v) is 33.2. The van der Waals surface area contributed by atoms with E-state index in [1.54, 1.807) is 0 Å². The number of allylic oxidation sites excluding steroid dienone is 8. The number of carbonyl (C=O) groups excluding carboxylic acids is 2. The Morgan fingerprint density at radius 2 is 0.541 bits per heavy atom. The third kappa shape index (κ3) is 62.4. The molecule has 1 atom stereocenters. The van der Waals surface area contributed by atoms with Crippen molar-refractivity contribution in [3.8, 4) is 0 Å². The molecular weight excluding hydrogens is 909 g/mol. The standard InChI is InChI=1S/C69H128O5/c1-3-5-7-9-11-13-15-17-19-21-23-24-25-26-27-28-29-30-31-32-33-34-35-36-37-38-39-40-41-42-43-44-46-47-49-51-53-55-57-59-61-63-68(71)73-66-67(65-70)74-69(72)64-62-60-58-56-54-52-50-48-45-22-20-18-16-14-12-10-8-6-4-2/h12,14,18,20-21,23,45,48,67,70H,3-11,13,15-17,19,22,24-44,46-47,49-66H2,1-2H3/b14-12-,20-18-,23-21-,48-45-. The molecule has 0 spiro atoms. The molecule has 0 fully saturated rings. The van der Waals surface area contributed by atoms with Gasteiger partial charge in [0.2, 0.25) is 0 Å². The van der Waals surface area contributed by atoms with Crippen LogP contribution in [0.2, 0.25) is 0 Å².